The number of methoxy groups -OCH3 is 1. The van der Waals surface area contributed by atoms with Crippen molar-refractivity contribution in [2.75, 3.05) is 13.7 Å². The molecular formula is C23H23F2NO4. The lowest BCUT2D eigenvalue weighted by Crippen LogP contribution is -2.38. The maximum absolute atomic E-state index is 13.6. The van der Waals surface area contributed by atoms with Crippen LogP contribution in [0.25, 0.3) is 0 Å². The van der Waals surface area contributed by atoms with Crippen molar-refractivity contribution < 1.29 is 27.8 Å². The van der Waals surface area contributed by atoms with E-state index in [0.29, 0.717) is 22.6 Å². The molecule has 2 aromatic carbocycles. The molecule has 1 aliphatic heterocycles. The number of ether oxygens (including phenoxy) is 2. The molecule has 158 valence electrons. The second-order valence-electron chi connectivity index (χ2n) is 6.98. The third kappa shape index (κ3) is 4.35. The summed E-state index contributed by atoms with van der Waals surface area (Å²) < 4.78 is 37.4. The second-order valence-corrected chi connectivity index (χ2v) is 6.98. The zero-order valence-corrected chi connectivity index (χ0v) is 17.1. The maximum atomic E-state index is 13.6. The molecular weight excluding hydrogens is 392 g/mol. The van der Waals surface area contributed by atoms with Crippen molar-refractivity contribution in [2.45, 2.75) is 32.7 Å². The molecule has 1 unspecified atom stereocenters. The number of carbonyl (C=O) groups excluding carboxylic acids is 2. The van der Waals surface area contributed by atoms with Gasteiger partial charge in [-0.05, 0) is 49.2 Å². The highest BCUT2D eigenvalue weighted by molar-refractivity contribution is 5.95. The number of rotatable bonds is 6. The number of carbonyl (C=O) groups is 2. The average molecular weight is 415 g/mol. The Morgan fingerprint density at radius 2 is 1.93 bits per heavy atom. The van der Waals surface area contributed by atoms with Gasteiger partial charge in [0.15, 0.2) is 11.6 Å². The van der Waals surface area contributed by atoms with Crippen LogP contribution in [0.5, 0.6) is 5.75 Å². The van der Waals surface area contributed by atoms with Gasteiger partial charge in [-0.1, -0.05) is 18.2 Å². The van der Waals surface area contributed by atoms with E-state index in [1.807, 2.05) is 6.07 Å². The van der Waals surface area contributed by atoms with Crippen molar-refractivity contribution in [3.63, 3.8) is 0 Å². The largest absolute Gasteiger partial charge is 0.497 e. The van der Waals surface area contributed by atoms with E-state index in [0.717, 1.165) is 17.7 Å². The van der Waals surface area contributed by atoms with Crippen LogP contribution in [0.1, 0.15) is 37.3 Å². The van der Waals surface area contributed by atoms with E-state index in [9.17, 15) is 18.4 Å². The van der Waals surface area contributed by atoms with Gasteiger partial charge in [0.25, 0.3) is 0 Å². The van der Waals surface area contributed by atoms with E-state index in [-0.39, 0.29) is 25.5 Å². The number of esters is 1. The van der Waals surface area contributed by atoms with Crippen molar-refractivity contribution in [2.24, 2.45) is 0 Å². The van der Waals surface area contributed by atoms with Crippen LogP contribution in [-0.4, -0.2) is 30.5 Å². The molecule has 7 heteroatoms. The molecule has 0 spiro atoms. The van der Waals surface area contributed by atoms with Gasteiger partial charge in [-0.2, -0.15) is 0 Å². The first-order chi connectivity index (χ1) is 14.3. The van der Waals surface area contributed by atoms with Gasteiger partial charge in [-0.25, -0.2) is 13.6 Å². The summed E-state index contributed by atoms with van der Waals surface area (Å²) in [6.45, 7) is 3.59. The third-order valence-electron chi connectivity index (χ3n) is 5.14. The van der Waals surface area contributed by atoms with Gasteiger partial charge >= 0.3 is 5.97 Å². The van der Waals surface area contributed by atoms with Gasteiger partial charge in [-0.3, -0.25) is 4.79 Å². The minimum absolute atomic E-state index is 0.0234. The summed E-state index contributed by atoms with van der Waals surface area (Å²) in [7, 11) is 1.54. The van der Waals surface area contributed by atoms with Crippen LogP contribution in [-0.2, 0) is 20.9 Å². The topological polar surface area (TPSA) is 55.8 Å². The Kier molecular flexibility index (Phi) is 6.50. The molecule has 3 rings (SSSR count). The van der Waals surface area contributed by atoms with E-state index >= 15 is 0 Å². The molecule has 0 aliphatic carbocycles. The van der Waals surface area contributed by atoms with Gasteiger partial charge in [0.2, 0.25) is 5.91 Å². The molecule has 1 atom stereocenters. The number of hydrogen-bond donors (Lipinski definition) is 0. The predicted molar refractivity (Wildman–Crippen MR) is 107 cm³/mol. The van der Waals surface area contributed by atoms with Crippen molar-refractivity contribution in [1.82, 2.24) is 4.90 Å². The molecule has 0 fully saturated rings. The summed E-state index contributed by atoms with van der Waals surface area (Å²) in [4.78, 5) is 27.2. The van der Waals surface area contributed by atoms with E-state index in [1.165, 1.54) is 11.0 Å². The SMILES string of the molecule is CCOC(=O)C1=C(C)N(Cc2ccc(F)c(F)c2)C(=O)CC1c1cccc(OC)c1. The number of halogens is 2. The molecule has 0 bridgehead atoms. The predicted octanol–water partition coefficient (Wildman–Crippen LogP) is 4.33. The highest BCUT2D eigenvalue weighted by Gasteiger charge is 2.37. The first kappa shape index (κ1) is 21.5. The maximum Gasteiger partial charge on any atom is 0.336 e. The fraction of sp³-hybridized carbons (Fsp3) is 0.304. The van der Waals surface area contributed by atoms with Crippen LogP contribution in [0.4, 0.5) is 8.78 Å². The molecule has 0 N–H and O–H groups in total. The van der Waals surface area contributed by atoms with Crippen LogP contribution < -0.4 is 4.74 Å². The van der Waals surface area contributed by atoms with Gasteiger partial charge in [-0.15, -0.1) is 0 Å². The fourth-order valence-electron chi connectivity index (χ4n) is 3.64. The van der Waals surface area contributed by atoms with Gasteiger partial charge in [0.1, 0.15) is 5.75 Å². The van der Waals surface area contributed by atoms with Crippen LogP contribution in [0.2, 0.25) is 0 Å². The first-order valence-electron chi connectivity index (χ1n) is 9.61. The number of nitrogens with zero attached hydrogens (tertiary/aromatic N) is 1. The monoisotopic (exact) mass is 415 g/mol. The number of hydrogen-bond acceptors (Lipinski definition) is 4. The van der Waals surface area contributed by atoms with Crippen LogP contribution >= 0.6 is 0 Å². The van der Waals surface area contributed by atoms with Crippen molar-refractivity contribution in [3.8, 4) is 5.75 Å². The highest BCUT2D eigenvalue weighted by Crippen LogP contribution is 2.38. The summed E-state index contributed by atoms with van der Waals surface area (Å²) >= 11 is 0. The smallest absolute Gasteiger partial charge is 0.336 e. The summed E-state index contributed by atoms with van der Waals surface area (Å²) in [6.07, 6.45) is 0.0440. The fourth-order valence-corrected chi connectivity index (χ4v) is 3.64. The van der Waals surface area contributed by atoms with E-state index in [4.69, 9.17) is 9.47 Å². The van der Waals surface area contributed by atoms with Gasteiger partial charge in [0.05, 0.1) is 25.8 Å². The molecule has 0 aromatic heterocycles. The van der Waals surface area contributed by atoms with Crippen LogP contribution in [0, 0.1) is 11.6 Å². The lowest BCUT2D eigenvalue weighted by Gasteiger charge is -2.34. The number of allylic oxidation sites excluding steroid dienone is 1. The minimum atomic E-state index is -0.988. The van der Waals surface area contributed by atoms with Crippen LogP contribution in [0.3, 0.4) is 0 Å². The van der Waals surface area contributed by atoms with Gasteiger partial charge < -0.3 is 14.4 Å². The Morgan fingerprint density at radius 3 is 2.60 bits per heavy atom. The summed E-state index contributed by atoms with van der Waals surface area (Å²) in [5, 5.41) is 0. The molecule has 0 radical (unpaired) electrons. The Morgan fingerprint density at radius 1 is 1.17 bits per heavy atom. The molecule has 2 aromatic rings. The number of amides is 1. The summed E-state index contributed by atoms with van der Waals surface area (Å²) in [5.74, 6) is -2.55. The standard InChI is InChI=1S/C23H23F2NO4/c1-4-30-23(28)22-14(2)26(13-15-8-9-19(24)20(25)10-15)21(27)12-18(22)16-6-5-7-17(11-16)29-3/h5-11,18H,4,12-13H2,1-3H3. The molecule has 0 saturated carbocycles. The molecule has 1 aliphatic rings. The van der Waals surface area contributed by atoms with Crippen molar-refractivity contribution >= 4 is 11.9 Å². The lowest BCUT2D eigenvalue weighted by molar-refractivity contribution is -0.140. The Balaban J connectivity index is 2.03. The van der Waals surface area contributed by atoms with E-state index < -0.39 is 23.5 Å². The normalized spacial score (nSPS) is 16.6. The quantitative estimate of drug-likeness (QED) is 0.659. The highest BCUT2D eigenvalue weighted by atomic mass is 19.2. The zero-order chi connectivity index (χ0) is 21.8. The van der Waals surface area contributed by atoms with Crippen molar-refractivity contribution in [3.05, 3.63) is 76.5 Å². The lowest BCUT2D eigenvalue weighted by atomic mass is 9.83. The Hall–Kier alpha value is -3.22. The molecule has 30 heavy (non-hydrogen) atoms. The van der Waals surface area contributed by atoms with Gasteiger partial charge in [0, 0.05) is 18.0 Å². The van der Waals surface area contributed by atoms with E-state index in [2.05, 4.69) is 0 Å². The molecule has 5 nitrogen and oxygen atoms in total. The van der Waals surface area contributed by atoms with Crippen LogP contribution in [0.15, 0.2) is 53.7 Å². The second kappa shape index (κ2) is 9.07. The third-order valence-corrected chi connectivity index (χ3v) is 5.14. The average Bonchev–Trinajstić information content (AvgIpc) is 2.73. The molecule has 1 heterocycles. The molecule has 0 saturated heterocycles. The summed E-state index contributed by atoms with van der Waals surface area (Å²) in [6, 6.07) is 10.7. The van der Waals surface area contributed by atoms with E-state index in [1.54, 1.807) is 39.2 Å². The Labute approximate surface area is 173 Å². The number of benzene rings is 2. The Bertz CT molecular complexity index is 1000. The minimum Gasteiger partial charge on any atom is -0.497 e. The molecule has 1 amide bonds. The first-order valence-corrected chi connectivity index (χ1v) is 9.61. The summed E-state index contributed by atoms with van der Waals surface area (Å²) in [5.41, 5.74) is 1.98. The van der Waals surface area contributed by atoms with Crippen molar-refractivity contribution in [1.29, 1.82) is 0 Å². The zero-order valence-electron chi connectivity index (χ0n) is 17.1.